The summed E-state index contributed by atoms with van der Waals surface area (Å²) in [5, 5.41) is 0. The van der Waals surface area contributed by atoms with Gasteiger partial charge in [-0.15, -0.1) is 6.58 Å². The smallest absolute Gasteiger partial charge is 0.389 e. The van der Waals surface area contributed by atoms with Crippen LogP contribution in [-0.2, 0) is 8.85 Å². The molecule has 0 bridgehead atoms. The predicted molar refractivity (Wildman–Crippen MR) is 64.7 cm³/mol. The van der Waals surface area contributed by atoms with Gasteiger partial charge in [0.25, 0.3) is 0 Å². The first-order valence-corrected chi connectivity index (χ1v) is 7.18. The molecule has 0 aromatic carbocycles. The van der Waals surface area contributed by atoms with E-state index in [9.17, 15) is 4.80 Å². The van der Waals surface area contributed by atoms with Gasteiger partial charge < -0.3 is 13.6 Å². The van der Waals surface area contributed by atoms with Gasteiger partial charge in [0.2, 0.25) is 0 Å². The molecule has 0 heterocycles. The summed E-state index contributed by atoms with van der Waals surface area (Å²) in [4.78, 5) is 10.3. The van der Waals surface area contributed by atoms with Gasteiger partial charge in [0, 0.05) is 6.04 Å². The maximum Gasteiger partial charge on any atom is 0.502 e. The van der Waals surface area contributed by atoms with Crippen molar-refractivity contribution in [3.63, 3.8) is 0 Å². The first-order chi connectivity index (χ1) is 6.47. The monoisotopic (exact) mass is 232 g/mol. The van der Waals surface area contributed by atoms with Gasteiger partial charge in [-0.05, 0) is 41.5 Å². The van der Waals surface area contributed by atoms with Gasteiger partial charge in [-0.3, -0.25) is 0 Å². The standard InChI is InChI=1S/C11H24O3Si/c1-8-9-15(12,13-10(2,3)4)14-11(5,6)7/h8,12H,1,9H2,2-7H3. The maximum absolute atomic E-state index is 10.3. The lowest BCUT2D eigenvalue weighted by atomic mass is 10.2. The summed E-state index contributed by atoms with van der Waals surface area (Å²) in [6.07, 6.45) is 1.64. The quantitative estimate of drug-likeness (QED) is 0.598. The highest BCUT2D eigenvalue weighted by Gasteiger charge is 2.43. The molecule has 15 heavy (non-hydrogen) atoms. The minimum atomic E-state index is -3.14. The summed E-state index contributed by atoms with van der Waals surface area (Å²) < 4.78 is 11.3. The fraction of sp³-hybridized carbons (Fsp3) is 0.818. The van der Waals surface area contributed by atoms with E-state index in [-0.39, 0.29) is 0 Å². The van der Waals surface area contributed by atoms with Gasteiger partial charge >= 0.3 is 8.80 Å². The Kier molecular flexibility index (Phi) is 4.73. The molecule has 0 aliphatic carbocycles. The van der Waals surface area contributed by atoms with Crippen LogP contribution in [0.25, 0.3) is 0 Å². The summed E-state index contributed by atoms with van der Waals surface area (Å²) in [6, 6.07) is 0.377. The van der Waals surface area contributed by atoms with Crippen LogP contribution in [0.1, 0.15) is 41.5 Å². The topological polar surface area (TPSA) is 38.7 Å². The van der Waals surface area contributed by atoms with E-state index in [2.05, 4.69) is 6.58 Å². The zero-order valence-electron chi connectivity index (χ0n) is 10.8. The molecular formula is C11H24O3Si. The lowest BCUT2D eigenvalue weighted by Crippen LogP contribution is -2.51. The molecule has 0 aromatic heterocycles. The van der Waals surface area contributed by atoms with Crippen LogP contribution >= 0.6 is 0 Å². The third kappa shape index (κ3) is 7.73. The highest BCUT2D eigenvalue weighted by molar-refractivity contribution is 6.60. The second kappa shape index (κ2) is 4.78. The zero-order valence-corrected chi connectivity index (χ0v) is 11.8. The van der Waals surface area contributed by atoms with E-state index >= 15 is 0 Å². The minimum Gasteiger partial charge on any atom is -0.389 e. The van der Waals surface area contributed by atoms with Gasteiger partial charge in [0.05, 0.1) is 11.2 Å². The van der Waals surface area contributed by atoms with E-state index in [1.165, 1.54) is 0 Å². The largest absolute Gasteiger partial charge is 0.502 e. The van der Waals surface area contributed by atoms with Crippen molar-refractivity contribution in [2.24, 2.45) is 0 Å². The Morgan fingerprint density at radius 1 is 1.07 bits per heavy atom. The van der Waals surface area contributed by atoms with Gasteiger partial charge in [0.1, 0.15) is 0 Å². The van der Waals surface area contributed by atoms with Gasteiger partial charge in [-0.1, -0.05) is 6.08 Å². The maximum atomic E-state index is 10.3. The van der Waals surface area contributed by atoms with Gasteiger partial charge in [-0.2, -0.15) is 0 Å². The van der Waals surface area contributed by atoms with Crippen LogP contribution in [0.4, 0.5) is 0 Å². The van der Waals surface area contributed by atoms with Crippen molar-refractivity contribution in [2.45, 2.75) is 58.8 Å². The van der Waals surface area contributed by atoms with Crippen LogP contribution in [0, 0.1) is 0 Å². The molecule has 3 nitrogen and oxygen atoms in total. The molecule has 0 aliphatic rings. The Bertz CT molecular complexity index is 197. The van der Waals surface area contributed by atoms with E-state index in [1.54, 1.807) is 6.08 Å². The molecule has 0 spiro atoms. The van der Waals surface area contributed by atoms with Crippen LogP contribution in [0.3, 0.4) is 0 Å². The van der Waals surface area contributed by atoms with Crippen molar-refractivity contribution in [1.29, 1.82) is 0 Å². The van der Waals surface area contributed by atoms with Crippen LogP contribution in [0.2, 0.25) is 6.04 Å². The summed E-state index contributed by atoms with van der Waals surface area (Å²) in [5.41, 5.74) is -0.815. The van der Waals surface area contributed by atoms with Crippen molar-refractivity contribution in [3.8, 4) is 0 Å². The molecule has 0 aromatic rings. The lowest BCUT2D eigenvalue weighted by molar-refractivity contribution is -0.0250. The minimum absolute atomic E-state index is 0.377. The SMILES string of the molecule is C=CC[Si](O)(OC(C)(C)C)OC(C)(C)C. The lowest BCUT2D eigenvalue weighted by Gasteiger charge is -2.36. The number of rotatable bonds is 4. The molecule has 4 heteroatoms. The average molecular weight is 232 g/mol. The molecule has 0 unspecified atom stereocenters. The van der Waals surface area contributed by atoms with E-state index in [4.69, 9.17) is 8.85 Å². The summed E-state index contributed by atoms with van der Waals surface area (Å²) in [7, 11) is -3.14. The number of allylic oxidation sites excluding steroid dienone is 1. The van der Waals surface area contributed by atoms with Crippen molar-refractivity contribution in [3.05, 3.63) is 12.7 Å². The normalized spacial score (nSPS) is 14.1. The fourth-order valence-electron chi connectivity index (χ4n) is 1.24. The molecule has 0 atom stereocenters. The van der Waals surface area contributed by atoms with E-state index in [1.807, 2.05) is 41.5 Å². The van der Waals surface area contributed by atoms with Crippen molar-refractivity contribution in [2.75, 3.05) is 0 Å². The first-order valence-electron chi connectivity index (χ1n) is 5.21. The van der Waals surface area contributed by atoms with E-state index in [0.717, 1.165) is 0 Å². The molecule has 90 valence electrons. The van der Waals surface area contributed by atoms with E-state index < -0.39 is 20.0 Å². The van der Waals surface area contributed by atoms with Gasteiger partial charge in [-0.25, -0.2) is 0 Å². The second-order valence-electron chi connectivity index (χ2n) is 5.63. The molecule has 0 saturated heterocycles. The molecule has 0 rings (SSSR count). The molecule has 1 N–H and O–H groups in total. The second-order valence-corrected chi connectivity index (χ2v) is 7.88. The summed E-state index contributed by atoms with van der Waals surface area (Å²) in [5.74, 6) is 0. The van der Waals surface area contributed by atoms with Crippen molar-refractivity contribution in [1.82, 2.24) is 0 Å². The Morgan fingerprint density at radius 3 is 1.60 bits per heavy atom. The van der Waals surface area contributed by atoms with Crippen LogP contribution < -0.4 is 0 Å². The molecule has 0 amide bonds. The molecular weight excluding hydrogens is 208 g/mol. The average Bonchev–Trinajstić information content (AvgIpc) is 1.74. The predicted octanol–water partition coefficient (Wildman–Crippen LogP) is 2.73. The molecule has 0 fully saturated rings. The summed E-state index contributed by atoms with van der Waals surface area (Å²) in [6.45, 7) is 15.0. The third-order valence-corrected chi connectivity index (χ3v) is 4.00. The van der Waals surface area contributed by atoms with Gasteiger partial charge in [0.15, 0.2) is 0 Å². The molecule has 0 aliphatic heterocycles. The van der Waals surface area contributed by atoms with Crippen LogP contribution in [-0.4, -0.2) is 24.8 Å². The molecule has 0 radical (unpaired) electrons. The number of hydrogen-bond donors (Lipinski definition) is 1. The number of hydrogen-bond acceptors (Lipinski definition) is 3. The Morgan fingerprint density at radius 2 is 1.40 bits per heavy atom. The Balaban J connectivity index is 4.66. The third-order valence-electron chi connectivity index (χ3n) is 1.33. The Hall–Kier alpha value is -0.163. The summed E-state index contributed by atoms with van der Waals surface area (Å²) >= 11 is 0. The van der Waals surface area contributed by atoms with Crippen molar-refractivity contribution < 1.29 is 13.6 Å². The molecule has 0 saturated carbocycles. The first kappa shape index (κ1) is 14.8. The van der Waals surface area contributed by atoms with Crippen molar-refractivity contribution >= 4 is 8.80 Å². The van der Waals surface area contributed by atoms with Crippen LogP contribution in [0.15, 0.2) is 12.7 Å². The zero-order chi connectivity index (χ0) is 12.3. The Labute approximate surface area is 94.5 Å². The highest BCUT2D eigenvalue weighted by Crippen LogP contribution is 2.24. The highest BCUT2D eigenvalue weighted by atomic mass is 28.4. The van der Waals surface area contributed by atoms with Crippen LogP contribution in [0.5, 0.6) is 0 Å². The van der Waals surface area contributed by atoms with E-state index in [0.29, 0.717) is 6.04 Å². The fourth-order valence-corrected chi connectivity index (χ4v) is 3.73.